The molecule has 33 heavy (non-hydrogen) atoms. The molecule has 0 aliphatic carbocycles. The Hall–Kier alpha value is -2.97. The zero-order chi connectivity index (χ0) is 23.6. The monoisotopic (exact) mass is 466 g/mol. The van der Waals surface area contributed by atoms with Gasteiger partial charge in [-0.3, -0.25) is 4.79 Å². The number of carbonyl (C=O) groups is 1. The number of para-hydroxylation sites is 1. The van der Waals surface area contributed by atoms with Gasteiger partial charge in [-0.2, -0.15) is 14.4 Å². The van der Waals surface area contributed by atoms with Gasteiger partial charge < -0.3 is 5.32 Å². The van der Waals surface area contributed by atoms with Gasteiger partial charge in [0.25, 0.3) is 5.91 Å². The van der Waals surface area contributed by atoms with E-state index in [1.165, 1.54) is 5.01 Å². The molecular formula is C25H30N4O3S. The number of amides is 1. The van der Waals surface area contributed by atoms with Crippen LogP contribution in [0.2, 0.25) is 0 Å². The Morgan fingerprint density at radius 2 is 1.76 bits per heavy atom. The minimum atomic E-state index is -3.53. The number of sulfonamides is 1. The maximum absolute atomic E-state index is 13.0. The summed E-state index contributed by atoms with van der Waals surface area (Å²) in [5.41, 5.74) is 3.71. The van der Waals surface area contributed by atoms with Crippen molar-refractivity contribution in [3.05, 3.63) is 65.9 Å². The minimum absolute atomic E-state index is 0.238. The lowest BCUT2D eigenvalue weighted by Crippen LogP contribution is -2.37. The van der Waals surface area contributed by atoms with E-state index < -0.39 is 10.0 Å². The number of benzene rings is 2. The number of anilines is 2. The molecule has 0 aromatic heterocycles. The molecule has 8 heteroatoms. The Bertz CT molecular complexity index is 1190. The molecule has 0 saturated carbocycles. The van der Waals surface area contributed by atoms with Crippen molar-refractivity contribution in [1.82, 2.24) is 4.31 Å². The molecule has 2 heterocycles. The van der Waals surface area contributed by atoms with Gasteiger partial charge in [0.1, 0.15) is 0 Å². The van der Waals surface area contributed by atoms with Crippen LogP contribution in [0.3, 0.4) is 0 Å². The molecule has 1 N–H and O–H groups in total. The first-order valence-electron chi connectivity index (χ1n) is 11.4. The summed E-state index contributed by atoms with van der Waals surface area (Å²) in [4.78, 5) is 13.3. The second-order valence-electron chi connectivity index (χ2n) is 8.60. The van der Waals surface area contributed by atoms with Crippen LogP contribution in [0.15, 0.2) is 70.3 Å². The average Bonchev–Trinajstić information content (AvgIpc) is 3.11. The van der Waals surface area contributed by atoms with Crippen LogP contribution in [0, 0.1) is 5.92 Å². The largest absolute Gasteiger partial charge is 0.361 e. The SMILES string of the molecule is CCc1ccccc1N/C=C1\C(=O)N(c2ccc(S(=O)(=O)N3CCC(C)CC3)cc2)N=C1C. The number of nitrogens with one attached hydrogen (secondary N) is 1. The number of rotatable bonds is 6. The molecule has 4 rings (SSSR count). The number of hydrogen-bond acceptors (Lipinski definition) is 5. The first-order valence-corrected chi connectivity index (χ1v) is 12.8. The predicted octanol–water partition coefficient (Wildman–Crippen LogP) is 4.39. The van der Waals surface area contributed by atoms with Crippen LogP contribution in [-0.2, 0) is 21.2 Å². The van der Waals surface area contributed by atoms with Crippen molar-refractivity contribution in [2.75, 3.05) is 23.4 Å². The Morgan fingerprint density at radius 1 is 1.09 bits per heavy atom. The van der Waals surface area contributed by atoms with Crippen LogP contribution in [0.4, 0.5) is 11.4 Å². The lowest BCUT2D eigenvalue weighted by molar-refractivity contribution is -0.114. The molecular weight excluding hydrogens is 436 g/mol. The Balaban J connectivity index is 1.50. The smallest absolute Gasteiger partial charge is 0.282 e. The lowest BCUT2D eigenvalue weighted by Gasteiger charge is -2.29. The van der Waals surface area contributed by atoms with Crippen molar-refractivity contribution in [3.8, 4) is 0 Å². The Morgan fingerprint density at radius 3 is 2.42 bits per heavy atom. The van der Waals surface area contributed by atoms with E-state index in [-0.39, 0.29) is 10.8 Å². The van der Waals surface area contributed by atoms with E-state index >= 15 is 0 Å². The van der Waals surface area contributed by atoms with Crippen molar-refractivity contribution >= 4 is 33.0 Å². The minimum Gasteiger partial charge on any atom is -0.361 e. The van der Waals surface area contributed by atoms with Gasteiger partial charge in [-0.05, 0) is 68.0 Å². The number of nitrogens with zero attached hydrogens (tertiary/aromatic N) is 3. The summed E-state index contributed by atoms with van der Waals surface area (Å²) in [5, 5.41) is 8.94. The quantitative estimate of drug-likeness (QED) is 0.640. The molecule has 7 nitrogen and oxygen atoms in total. The summed E-state index contributed by atoms with van der Waals surface area (Å²) < 4.78 is 27.5. The van der Waals surface area contributed by atoms with Crippen LogP contribution in [-0.4, -0.2) is 37.4 Å². The molecule has 0 unspecified atom stereocenters. The highest BCUT2D eigenvalue weighted by molar-refractivity contribution is 7.89. The third-order valence-electron chi connectivity index (χ3n) is 6.29. The Labute approximate surface area is 195 Å². The molecule has 1 saturated heterocycles. The van der Waals surface area contributed by atoms with E-state index in [1.54, 1.807) is 41.7 Å². The summed E-state index contributed by atoms with van der Waals surface area (Å²) >= 11 is 0. The van der Waals surface area contributed by atoms with Gasteiger partial charge in [-0.15, -0.1) is 0 Å². The van der Waals surface area contributed by atoms with Gasteiger partial charge in [-0.25, -0.2) is 8.42 Å². The standard InChI is InChI=1S/C25H30N4O3S/c1-4-20-7-5-6-8-24(20)26-17-23-19(3)27-29(25(23)30)21-9-11-22(12-10-21)33(31,32)28-15-13-18(2)14-16-28/h5-12,17-18,26H,4,13-16H2,1-3H3/b23-17-. The van der Waals surface area contributed by atoms with E-state index in [0.29, 0.717) is 36.0 Å². The van der Waals surface area contributed by atoms with E-state index in [9.17, 15) is 13.2 Å². The maximum atomic E-state index is 13.0. The molecule has 174 valence electrons. The molecule has 0 atom stereocenters. The topological polar surface area (TPSA) is 82.1 Å². The van der Waals surface area contributed by atoms with Gasteiger partial charge in [0.2, 0.25) is 10.0 Å². The fraction of sp³-hybridized carbons (Fsp3) is 0.360. The molecule has 0 bridgehead atoms. The maximum Gasteiger partial charge on any atom is 0.282 e. The summed E-state index contributed by atoms with van der Waals surface area (Å²) in [6.45, 7) is 7.10. The molecule has 2 aromatic rings. The van der Waals surface area contributed by atoms with E-state index in [2.05, 4.69) is 24.3 Å². The van der Waals surface area contributed by atoms with Crippen LogP contribution >= 0.6 is 0 Å². The van der Waals surface area contributed by atoms with Crippen LogP contribution in [0.1, 0.15) is 39.2 Å². The summed E-state index contributed by atoms with van der Waals surface area (Å²) in [6, 6.07) is 14.3. The number of hydrazone groups is 1. The van der Waals surface area contributed by atoms with Crippen LogP contribution in [0.25, 0.3) is 0 Å². The molecule has 1 fully saturated rings. The third kappa shape index (κ3) is 4.72. The number of aryl methyl sites for hydroxylation is 1. The van der Waals surface area contributed by atoms with Gasteiger partial charge in [-0.1, -0.05) is 32.0 Å². The predicted molar refractivity (Wildman–Crippen MR) is 132 cm³/mol. The molecule has 2 aromatic carbocycles. The van der Waals surface area contributed by atoms with Gasteiger partial charge >= 0.3 is 0 Å². The highest BCUT2D eigenvalue weighted by Gasteiger charge is 2.31. The molecule has 0 radical (unpaired) electrons. The van der Waals surface area contributed by atoms with E-state index in [0.717, 1.165) is 30.5 Å². The molecule has 1 amide bonds. The van der Waals surface area contributed by atoms with E-state index in [1.807, 2.05) is 24.3 Å². The second-order valence-corrected chi connectivity index (χ2v) is 10.5. The number of carbonyl (C=O) groups excluding carboxylic acids is 1. The summed E-state index contributed by atoms with van der Waals surface area (Å²) in [5.74, 6) is 0.294. The van der Waals surface area contributed by atoms with Gasteiger partial charge in [0, 0.05) is 25.0 Å². The van der Waals surface area contributed by atoms with Crippen molar-refractivity contribution < 1.29 is 13.2 Å². The van der Waals surface area contributed by atoms with Crippen molar-refractivity contribution in [3.63, 3.8) is 0 Å². The van der Waals surface area contributed by atoms with Crippen molar-refractivity contribution in [2.45, 2.75) is 44.9 Å². The van der Waals surface area contributed by atoms with Gasteiger partial charge in [0.15, 0.2) is 0 Å². The normalized spacial score (nSPS) is 19.2. The third-order valence-corrected chi connectivity index (χ3v) is 8.21. The first kappa shape index (κ1) is 23.2. The summed E-state index contributed by atoms with van der Waals surface area (Å²) in [6.07, 6.45) is 4.32. The number of piperidine rings is 1. The zero-order valence-electron chi connectivity index (χ0n) is 19.3. The van der Waals surface area contributed by atoms with E-state index in [4.69, 9.17) is 0 Å². The van der Waals surface area contributed by atoms with Crippen molar-refractivity contribution in [1.29, 1.82) is 0 Å². The first-order chi connectivity index (χ1) is 15.8. The zero-order valence-corrected chi connectivity index (χ0v) is 20.1. The highest BCUT2D eigenvalue weighted by Crippen LogP contribution is 2.28. The van der Waals surface area contributed by atoms with Crippen molar-refractivity contribution in [2.24, 2.45) is 11.0 Å². The highest BCUT2D eigenvalue weighted by atomic mass is 32.2. The Kier molecular flexibility index (Phi) is 6.67. The van der Waals surface area contributed by atoms with Gasteiger partial charge in [0.05, 0.1) is 21.9 Å². The fourth-order valence-electron chi connectivity index (χ4n) is 4.11. The molecule has 2 aliphatic heterocycles. The molecule has 2 aliphatic rings. The summed E-state index contributed by atoms with van der Waals surface area (Å²) in [7, 11) is -3.53. The second kappa shape index (κ2) is 9.49. The molecule has 0 spiro atoms. The average molecular weight is 467 g/mol. The lowest BCUT2D eigenvalue weighted by atomic mass is 10.0. The van der Waals surface area contributed by atoms with Crippen LogP contribution in [0.5, 0.6) is 0 Å². The number of hydrogen-bond donors (Lipinski definition) is 1. The van der Waals surface area contributed by atoms with Crippen LogP contribution < -0.4 is 10.3 Å². The fourth-order valence-corrected chi connectivity index (χ4v) is 5.58.